The first-order valence-corrected chi connectivity index (χ1v) is 18.7. The summed E-state index contributed by atoms with van der Waals surface area (Å²) in [5, 5.41) is 22.6. The van der Waals surface area contributed by atoms with E-state index in [1.165, 1.54) is 11.8 Å². The number of carbonyl (C=O) groups excluding carboxylic acids is 3. The largest absolute Gasteiger partial charge is 0.507 e. The van der Waals surface area contributed by atoms with Gasteiger partial charge in [0, 0.05) is 91.3 Å². The topological polar surface area (TPSA) is 151 Å². The van der Waals surface area contributed by atoms with Gasteiger partial charge in [-0.3, -0.25) is 24.3 Å². The van der Waals surface area contributed by atoms with Crippen molar-refractivity contribution in [2.45, 2.75) is 68.7 Å². The van der Waals surface area contributed by atoms with Crippen LogP contribution in [0.15, 0.2) is 30.3 Å². The standard InChI is InChI=1S/C39H38N4O9S.Ac/c1-17-10-20-11-23-24(12-40)42-25-13-49-39(47)26(43-37(45)21-8-6-7-9-22(21)38(43)46)14-53-36(29-28(25)35-34(51-16-52-35)19(3)32(29)44)31(42)30(41(23)4)27(20)33(18(17)2)50-15-48-5;/h6-10,23-26,30-31,36,44H,11,13-16H2,1-5H3;/t23-,24-,25+,26-,30+,31?,36+;/m0./s1. The maximum absolute atomic E-state index is 14.1. The first-order chi connectivity index (χ1) is 25.6. The molecule has 3 aromatic carbocycles. The Hall–Kier alpha value is -3.37. The Bertz CT molecular complexity index is 2140. The molecule has 7 heterocycles. The molecule has 7 atom stereocenters. The number of aryl methyl sites for hydroxylation is 1. The number of aromatic hydroxyl groups is 1. The van der Waals surface area contributed by atoms with Crippen LogP contribution in [-0.4, -0.2) is 102 Å². The van der Waals surface area contributed by atoms with Crippen LogP contribution in [0.1, 0.15) is 77.0 Å². The summed E-state index contributed by atoms with van der Waals surface area (Å²) in [6.45, 7) is 5.61. The molecule has 7 aliphatic heterocycles. The van der Waals surface area contributed by atoms with Crippen LogP contribution in [0.4, 0.5) is 0 Å². The molecule has 2 amide bonds. The van der Waals surface area contributed by atoms with Crippen LogP contribution < -0.4 is 14.2 Å². The average molecular weight is 966 g/mol. The molecule has 0 aliphatic carbocycles. The van der Waals surface area contributed by atoms with Gasteiger partial charge in [-0.2, -0.15) is 5.26 Å². The van der Waals surface area contributed by atoms with E-state index in [4.69, 9.17) is 23.7 Å². The molecule has 2 fully saturated rings. The Kier molecular flexibility index (Phi) is 9.72. The van der Waals surface area contributed by atoms with E-state index in [9.17, 15) is 24.8 Å². The number of nitrogens with zero attached hydrogens (tertiary/aromatic N) is 4. The number of rotatable bonds is 4. The second kappa shape index (κ2) is 14.0. The molecule has 1 radical (unpaired) electrons. The summed E-state index contributed by atoms with van der Waals surface area (Å²) in [6, 6.07) is 7.59. The van der Waals surface area contributed by atoms with Crippen LogP contribution in [0, 0.1) is 76.2 Å². The number of nitriles is 1. The predicted molar refractivity (Wildman–Crippen MR) is 190 cm³/mol. The van der Waals surface area contributed by atoms with Crippen LogP contribution in [-0.2, 0) is 20.7 Å². The minimum absolute atomic E-state index is 0. The van der Waals surface area contributed by atoms with E-state index < -0.39 is 47.2 Å². The van der Waals surface area contributed by atoms with Gasteiger partial charge in [0.1, 0.15) is 30.2 Å². The van der Waals surface area contributed by atoms with Gasteiger partial charge in [0.25, 0.3) is 11.8 Å². The fourth-order valence-electron chi connectivity index (χ4n) is 9.52. The van der Waals surface area contributed by atoms with Crippen molar-refractivity contribution in [3.8, 4) is 29.1 Å². The van der Waals surface area contributed by atoms with Crippen molar-refractivity contribution < 1.29 is 87.2 Å². The van der Waals surface area contributed by atoms with E-state index in [-0.39, 0.29) is 99.0 Å². The zero-order chi connectivity index (χ0) is 37.0. The molecular weight excluding hydrogens is 928 g/mol. The second-order valence-corrected chi connectivity index (χ2v) is 15.6. The summed E-state index contributed by atoms with van der Waals surface area (Å²) in [5.41, 5.74) is 6.28. The zero-order valence-electron chi connectivity index (χ0n) is 30.5. The number of phenols is 1. The predicted octanol–water partition coefficient (Wildman–Crippen LogP) is 4.25. The molecule has 3 aromatic rings. The molecule has 277 valence electrons. The quantitative estimate of drug-likeness (QED) is 0.226. The Morgan fingerprint density at radius 1 is 0.981 bits per heavy atom. The fraction of sp³-hybridized carbons (Fsp3) is 0.436. The molecule has 10 rings (SSSR count). The smallest absolute Gasteiger partial charge is 0.330 e. The summed E-state index contributed by atoms with van der Waals surface area (Å²) >= 11 is 1.35. The third-order valence-corrected chi connectivity index (χ3v) is 13.4. The number of piperazine rings is 1. The van der Waals surface area contributed by atoms with Gasteiger partial charge in [-0.05, 0) is 63.1 Å². The molecule has 0 aromatic heterocycles. The normalized spacial score (nSPS) is 28.0. The molecule has 54 heavy (non-hydrogen) atoms. The van der Waals surface area contributed by atoms with Gasteiger partial charge in [-0.1, -0.05) is 18.2 Å². The SMILES string of the molecule is COCOc1c(C)c(C)cc2c1[C@@H]1C3[C@@H]4SC[C@H](N5C(=O)c6ccccc6C5=O)C(=O)OC[C@H](c5c6c(c(C)c(O)c54)OCO6)N3[C@@H](C#N)[C@H](C2)N1C.[Ac]. The Morgan fingerprint density at radius 2 is 1.69 bits per heavy atom. The number of amides is 2. The number of methoxy groups -OCH3 is 1. The summed E-state index contributed by atoms with van der Waals surface area (Å²) in [4.78, 5) is 47.0. The van der Waals surface area contributed by atoms with Crippen molar-refractivity contribution in [1.82, 2.24) is 14.7 Å². The van der Waals surface area contributed by atoms with Crippen LogP contribution in [0.5, 0.6) is 23.0 Å². The van der Waals surface area contributed by atoms with Crippen molar-refractivity contribution in [2.24, 2.45) is 0 Å². The van der Waals surface area contributed by atoms with Crippen molar-refractivity contribution in [3.05, 3.63) is 80.4 Å². The third-order valence-electron chi connectivity index (χ3n) is 12.0. The number of esters is 1. The molecule has 0 saturated carbocycles. The summed E-state index contributed by atoms with van der Waals surface area (Å²) < 4.78 is 29.9. The molecule has 1 unspecified atom stereocenters. The van der Waals surface area contributed by atoms with Gasteiger partial charge in [-0.25, -0.2) is 4.79 Å². The second-order valence-electron chi connectivity index (χ2n) is 14.5. The number of hydrogen-bond acceptors (Lipinski definition) is 13. The molecule has 15 heteroatoms. The number of ether oxygens (including phenoxy) is 5. The van der Waals surface area contributed by atoms with Gasteiger partial charge in [0.05, 0.1) is 34.5 Å². The van der Waals surface area contributed by atoms with Gasteiger partial charge < -0.3 is 28.8 Å². The monoisotopic (exact) mass is 965 g/mol. The molecule has 2 saturated heterocycles. The van der Waals surface area contributed by atoms with Crippen molar-refractivity contribution in [3.63, 3.8) is 0 Å². The zero-order valence-corrected chi connectivity index (χ0v) is 36.0. The molecular formula is C39H38AcN4O9S. The maximum atomic E-state index is 14.1. The van der Waals surface area contributed by atoms with Gasteiger partial charge >= 0.3 is 5.97 Å². The van der Waals surface area contributed by atoms with E-state index in [1.807, 2.05) is 20.9 Å². The fourth-order valence-corrected chi connectivity index (χ4v) is 11.1. The number of imide groups is 1. The summed E-state index contributed by atoms with van der Waals surface area (Å²) in [7, 11) is 3.61. The minimum Gasteiger partial charge on any atom is -0.507 e. The first kappa shape index (κ1) is 37.6. The van der Waals surface area contributed by atoms with Crippen molar-refractivity contribution in [2.75, 3.05) is 40.1 Å². The van der Waals surface area contributed by atoms with E-state index in [2.05, 4.69) is 21.9 Å². The molecule has 13 nitrogen and oxygen atoms in total. The minimum atomic E-state index is -1.24. The van der Waals surface area contributed by atoms with Gasteiger partial charge in [0.2, 0.25) is 6.79 Å². The molecule has 4 bridgehead atoms. The number of likely N-dealkylation sites (N-methyl/N-ethyl adjacent to an activating group) is 1. The number of benzene rings is 3. The Morgan fingerprint density at radius 3 is 2.37 bits per heavy atom. The van der Waals surface area contributed by atoms with E-state index in [0.29, 0.717) is 40.4 Å². The Labute approximate surface area is 352 Å². The molecule has 7 aliphatic rings. The van der Waals surface area contributed by atoms with Crippen LogP contribution in [0.2, 0.25) is 0 Å². The van der Waals surface area contributed by atoms with E-state index >= 15 is 0 Å². The average Bonchev–Trinajstić information content (AvgIpc) is 3.74. The van der Waals surface area contributed by atoms with Crippen molar-refractivity contribution in [1.29, 1.82) is 5.26 Å². The van der Waals surface area contributed by atoms with Gasteiger partial charge in [-0.15, -0.1) is 11.8 Å². The maximum Gasteiger partial charge on any atom is 0.330 e. The van der Waals surface area contributed by atoms with E-state index in [1.54, 1.807) is 38.3 Å². The van der Waals surface area contributed by atoms with Gasteiger partial charge in [0.15, 0.2) is 18.3 Å². The van der Waals surface area contributed by atoms with Crippen molar-refractivity contribution >= 4 is 29.5 Å². The molecule has 1 N–H and O–H groups in total. The first-order valence-electron chi connectivity index (χ1n) is 17.6. The van der Waals surface area contributed by atoms with Crippen LogP contribution in [0.25, 0.3) is 0 Å². The number of phenolic OH excluding ortho intramolecular Hbond substituents is 1. The third kappa shape index (κ3) is 5.20. The summed E-state index contributed by atoms with van der Waals surface area (Å²) in [6.07, 6.45) is 0.574. The van der Waals surface area contributed by atoms with Crippen LogP contribution in [0.3, 0.4) is 0 Å². The number of thioether (sulfide) groups is 1. The van der Waals surface area contributed by atoms with E-state index in [0.717, 1.165) is 27.2 Å². The van der Waals surface area contributed by atoms with Crippen LogP contribution >= 0.6 is 11.8 Å². The number of carbonyl (C=O) groups is 3. The molecule has 0 spiro atoms. The number of fused-ring (bicyclic) bond motifs is 11. The Balaban J connectivity index is 0.00000413. The number of hydrogen-bond donors (Lipinski definition) is 1. The summed E-state index contributed by atoms with van der Waals surface area (Å²) in [5.74, 6) is -0.261.